The number of unbranched alkanes of at least 4 members (excludes halogenated alkanes) is 8. The minimum Gasteiger partial charge on any atom is -0.462 e. The fourth-order valence-corrected chi connectivity index (χ4v) is 6.57. The summed E-state index contributed by atoms with van der Waals surface area (Å²) in [5.41, 5.74) is 0. The lowest BCUT2D eigenvalue weighted by Crippen LogP contribution is -2.30. The van der Waals surface area contributed by atoms with E-state index in [4.69, 9.17) is 14.2 Å². The molecule has 0 aromatic rings. The summed E-state index contributed by atoms with van der Waals surface area (Å²) in [5, 5.41) is 0. The van der Waals surface area contributed by atoms with Crippen molar-refractivity contribution < 1.29 is 28.6 Å². The predicted molar refractivity (Wildman–Crippen MR) is 306 cm³/mol. The van der Waals surface area contributed by atoms with Crippen molar-refractivity contribution in [1.82, 2.24) is 0 Å². The van der Waals surface area contributed by atoms with Gasteiger partial charge in [-0.3, -0.25) is 14.4 Å². The van der Waals surface area contributed by atoms with E-state index in [2.05, 4.69) is 179 Å². The molecule has 0 aliphatic heterocycles. The van der Waals surface area contributed by atoms with Crippen molar-refractivity contribution in [3.05, 3.63) is 170 Å². The number of esters is 3. The number of carbonyl (C=O) groups is 3. The highest BCUT2D eigenvalue weighted by Gasteiger charge is 2.19. The van der Waals surface area contributed by atoms with E-state index in [0.717, 1.165) is 89.9 Å². The van der Waals surface area contributed by atoms with Crippen molar-refractivity contribution >= 4 is 17.9 Å². The summed E-state index contributed by atoms with van der Waals surface area (Å²) in [7, 11) is 0. The molecule has 1 atom stereocenters. The van der Waals surface area contributed by atoms with Crippen LogP contribution in [0.3, 0.4) is 0 Å². The maximum absolute atomic E-state index is 12.8. The molecule has 0 amide bonds. The summed E-state index contributed by atoms with van der Waals surface area (Å²) >= 11 is 0. The van der Waals surface area contributed by atoms with Gasteiger partial charge in [-0.2, -0.15) is 0 Å². The SMILES string of the molecule is CC/C=C/C/C=C/C/C=C/C/C=C/C/C=C/C/C=C/CCC(=O)OC[C@@H](COC(=O)CCC/C=C/C/C=C/C/C=C/C/C=C/CCCCC)OC(=O)CCC/C=C/C/C=C/C/C=C/C/C=C/CCCCC. The number of allylic oxidation sites excluding steroid dienone is 28. The van der Waals surface area contributed by atoms with Gasteiger partial charge in [0.1, 0.15) is 13.2 Å². The van der Waals surface area contributed by atoms with Crippen LogP contribution in [0.15, 0.2) is 170 Å². The first-order valence-electron chi connectivity index (χ1n) is 27.6. The molecule has 0 spiro atoms. The highest BCUT2D eigenvalue weighted by molar-refractivity contribution is 5.71. The van der Waals surface area contributed by atoms with Gasteiger partial charge in [-0.15, -0.1) is 0 Å². The van der Waals surface area contributed by atoms with Crippen molar-refractivity contribution in [2.75, 3.05) is 13.2 Å². The molecule has 0 aliphatic carbocycles. The van der Waals surface area contributed by atoms with Crippen LogP contribution in [-0.2, 0) is 28.6 Å². The van der Waals surface area contributed by atoms with Crippen LogP contribution in [0.25, 0.3) is 0 Å². The molecule has 0 bridgehead atoms. The standard InChI is InChI=1S/C65H98O6/c1-4-7-10-13-16-19-22-25-28-31-32-35-37-40-43-46-49-52-55-58-64(67)70-61-62(71-65(68)59-56-53-50-47-44-41-38-34-30-27-24-21-18-15-12-9-6-3)60-69-63(66)57-54-51-48-45-42-39-36-33-29-26-23-20-17-14-11-8-5-2/h7,10,16-21,25-30,32,35-36,38-41,43,45,47-50,52,62H,4-6,8-9,11-15,22-24,31,33-34,37,42,44,46,51,53-61H2,1-3H3/b10-7+,19-16+,20-17+,21-18+,28-25+,29-26+,30-27+,35-32+,39-36+,41-38+,43-40+,48-45+,50-47+,52-49+/t62-/m1/s1. The van der Waals surface area contributed by atoms with Gasteiger partial charge < -0.3 is 14.2 Å². The van der Waals surface area contributed by atoms with E-state index in [9.17, 15) is 14.4 Å². The van der Waals surface area contributed by atoms with E-state index < -0.39 is 18.0 Å². The van der Waals surface area contributed by atoms with Crippen molar-refractivity contribution in [1.29, 1.82) is 0 Å². The van der Waals surface area contributed by atoms with Crippen LogP contribution in [-0.4, -0.2) is 37.2 Å². The molecule has 0 aromatic heterocycles. The minimum atomic E-state index is -0.869. The highest BCUT2D eigenvalue weighted by Crippen LogP contribution is 2.09. The Morgan fingerprint density at radius 3 is 0.887 bits per heavy atom. The van der Waals surface area contributed by atoms with Gasteiger partial charge in [0.15, 0.2) is 6.10 Å². The molecule has 0 unspecified atom stereocenters. The Kier molecular flexibility index (Phi) is 53.1. The van der Waals surface area contributed by atoms with Crippen molar-refractivity contribution in [3.63, 3.8) is 0 Å². The average Bonchev–Trinajstić information content (AvgIpc) is 3.37. The Bertz CT molecular complexity index is 1690. The predicted octanol–water partition coefficient (Wildman–Crippen LogP) is 18.8. The van der Waals surface area contributed by atoms with Crippen molar-refractivity contribution in [2.45, 2.75) is 207 Å². The Balaban J connectivity index is 4.71. The Morgan fingerprint density at radius 2 is 0.563 bits per heavy atom. The van der Waals surface area contributed by atoms with Crippen LogP contribution < -0.4 is 0 Å². The molecule has 0 heterocycles. The van der Waals surface area contributed by atoms with Gasteiger partial charge in [0.2, 0.25) is 0 Å². The van der Waals surface area contributed by atoms with E-state index in [1.54, 1.807) is 0 Å². The van der Waals surface area contributed by atoms with Crippen LogP contribution in [0, 0.1) is 0 Å². The molecular weight excluding hydrogens is 877 g/mol. The molecule has 394 valence electrons. The van der Waals surface area contributed by atoms with Crippen LogP contribution in [0.5, 0.6) is 0 Å². The fourth-order valence-electron chi connectivity index (χ4n) is 6.57. The van der Waals surface area contributed by atoms with Crippen molar-refractivity contribution in [3.8, 4) is 0 Å². The molecule has 0 radical (unpaired) electrons. The van der Waals surface area contributed by atoms with E-state index >= 15 is 0 Å². The Labute approximate surface area is 434 Å². The third-order valence-corrected chi connectivity index (χ3v) is 10.7. The van der Waals surface area contributed by atoms with Crippen LogP contribution in [0.2, 0.25) is 0 Å². The third kappa shape index (κ3) is 55.6. The molecule has 6 heteroatoms. The van der Waals surface area contributed by atoms with Gasteiger partial charge in [0.25, 0.3) is 0 Å². The number of hydrogen-bond acceptors (Lipinski definition) is 6. The molecule has 6 nitrogen and oxygen atoms in total. The summed E-state index contributed by atoms with van der Waals surface area (Å²) in [6.07, 6.45) is 85.0. The second kappa shape index (κ2) is 57.3. The lowest BCUT2D eigenvalue weighted by molar-refractivity contribution is -0.166. The molecule has 0 N–H and O–H groups in total. The fraction of sp³-hybridized carbons (Fsp3) is 0.523. The molecule has 0 aliphatic rings. The zero-order chi connectivity index (χ0) is 51.4. The van der Waals surface area contributed by atoms with E-state index in [1.807, 2.05) is 12.2 Å². The third-order valence-electron chi connectivity index (χ3n) is 10.7. The molecule has 0 fully saturated rings. The molecular formula is C65H98O6. The largest absolute Gasteiger partial charge is 0.462 e. The second-order valence-corrected chi connectivity index (χ2v) is 17.4. The van der Waals surface area contributed by atoms with Gasteiger partial charge >= 0.3 is 17.9 Å². The summed E-state index contributed by atoms with van der Waals surface area (Å²) in [6, 6.07) is 0. The summed E-state index contributed by atoms with van der Waals surface area (Å²) in [6.45, 7) is 6.28. The summed E-state index contributed by atoms with van der Waals surface area (Å²) in [4.78, 5) is 38.1. The second-order valence-electron chi connectivity index (χ2n) is 17.4. The van der Waals surface area contributed by atoms with Gasteiger partial charge in [0.05, 0.1) is 0 Å². The summed E-state index contributed by atoms with van der Waals surface area (Å²) < 4.78 is 16.7. The zero-order valence-corrected chi connectivity index (χ0v) is 44.9. The number of hydrogen-bond donors (Lipinski definition) is 0. The normalized spacial score (nSPS) is 13.5. The molecule has 0 aromatic carbocycles. The van der Waals surface area contributed by atoms with E-state index in [-0.39, 0.29) is 38.4 Å². The lowest BCUT2D eigenvalue weighted by Gasteiger charge is -2.18. The van der Waals surface area contributed by atoms with Gasteiger partial charge in [0, 0.05) is 19.3 Å². The summed E-state index contributed by atoms with van der Waals surface area (Å²) in [5.74, 6) is -1.17. The van der Waals surface area contributed by atoms with E-state index in [1.165, 1.54) is 51.4 Å². The first kappa shape index (κ1) is 65.8. The maximum atomic E-state index is 12.8. The van der Waals surface area contributed by atoms with Crippen molar-refractivity contribution in [2.24, 2.45) is 0 Å². The van der Waals surface area contributed by atoms with Gasteiger partial charge in [-0.1, -0.05) is 217 Å². The molecule has 0 saturated heterocycles. The van der Waals surface area contributed by atoms with E-state index in [0.29, 0.717) is 19.3 Å². The monoisotopic (exact) mass is 975 g/mol. The highest BCUT2D eigenvalue weighted by atomic mass is 16.6. The average molecular weight is 975 g/mol. The number of rotatable bonds is 47. The van der Waals surface area contributed by atoms with Gasteiger partial charge in [-0.25, -0.2) is 0 Å². The number of ether oxygens (including phenoxy) is 3. The Morgan fingerprint density at radius 1 is 0.296 bits per heavy atom. The minimum absolute atomic E-state index is 0.160. The first-order chi connectivity index (χ1) is 35.0. The molecule has 71 heavy (non-hydrogen) atoms. The van der Waals surface area contributed by atoms with Crippen LogP contribution >= 0.6 is 0 Å². The molecule has 0 rings (SSSR count). The lowest BCUT2D eigenvalue weighted by atomic mass is 10.2. The molecule has 0 saturated carbocycles. The maximum Gasteiger partial charge on any atom is 0.306 e. The topological polar surface area (TPSA) is 78.9 Å². The smallest absolute Gasteiger partial charge is 0.306 e. The number of carbonyl (C=O) groups excluding carboxylic acids is 3. The Hall–Kier alpha value is -5.23. The van der Waals surface area contributed by atoms with Gasteiger partial charge in [-0.05, 0) is 135 Å². The van der Waals surface area contributed by atoms with Crippen LogP contribution in [0.1, 0.15) is 201 Å². The van der Waals surface area contributed by atoms with Crippen LogP contribution in [0.4, 0.5) is 0 Å². The zero-order valence-electron chi connectivity index (χ0n) is 44.9. The quantitative estimate of drug-likeness (QED) is 0.0262. The first-order valence-corrected chi connectivity index (χ1v) is 27.6.